The molecule has 0 fully saturated rings. The van der Waals surface area contributed by atoms with Crippen molar-refractivity contribution in [2.24, 2.45) is 10.7 Å². The van der Waals surface area contributed by atoms with Crippen LogP contribution >= 0.6 is 11.6 Å². The molecule has 4 rings (SSSR count). The molecular weight excluding hydrogens is 518 g/mol. The summed E-state index contributed by atoms with van der Waals surface area (Å²) < 4.78 is 67.1. The van der Waals surface area contributed by atoms with E-state index in [-0.39, 0.29) is 28.5 Å². The minimum atomic E-state index is -4.82. The number of halogens is 5. The SMILES string of the molecule is COCCn1ccc2nc(C(=O)Cc3ccc(F)c([C@]4(C)CO[C@@](C)(C(F)(F)F)C(N)=N4)n3)c(Cl)cc21. The third kappa shape index (κ3) is 4.92. The largest absolute Gasteiger partial charge is 0.424 e. The van der Waals surface area contributed by atoms with Crippen LogP contribution in [0.1, 0.15) is 35.7 Å². The fraction of sp³-hybridized carbons (Fsp3) is 0.417. The number of ether oxygens (including phenoxy) is 2. The van der Waals surface area contributed by atoms with E-state index in [4.69, 9.17) is 26.8 Å². The molecule has 0 saturated heterocycles. The topological polar surface area (TPSA) is 105 Å². The van der Waals surface area contributed by atoms with E-state index in [1.54, 1.807) is 25.4 Å². The summed E-state index contributed by atoms with van der Waals surface area (Å²) in [4.78, 5) is 25.6. The highest BCUT2D eigenvalue weighted by atomic mass is 35.5. The Labute approximate surface area is 214 Å². The highest BCUT2D eigenvalue weighted by Gasteiger charge is 2.59. The molecule has 0 radical (unpaired) electrons. The zero-order valence-electron chi connectivity index (χ0n) is 20.2. The van der Waals surface area contributed by atoms with Gasteiger partial charge in [-0.3, -0.25) is 14.8 Å². The second-order valence-electron chi connectivity index (χ2n) is 9.05. The van der Waals surface area contributed by atoms with Crippen molar-refractivity contribution in [1.29, 1.82) is 0 Å². The molecule has 2 N–H and O–H groups in total. The van der Waals surface area contributed by atoms with E-state index in [0.29, 0.717) is 18.7 Å². The van der Waals surface area contributed by atoms with Crippen molar-refractivity contribution in [3.05, 3.63) is 58.4 Å². The number of rotatable bonds is 7. The highest BCUT2D eigenvalue weighted by Crippen LogP contribution is 2.40. The number of alkyl halides is 3. The van der Waals surface area contributed by atoms with Crippen LogP contribution in [0.5, 0.6) is 0 Å². The van der Waals surface area contributed by atoms with Gasteiger partial charge in [-0.15, -0.1) is 0 Å². The number of hydrogen-bond acceptors (Lipinski definition) is 7. The molecule has 8 nitrogen and oxygen atoms in total. The van der Waals surface area contributed by atoms with Gasteiger partial charge in [0.05, 0.1) is 35.7 Å². The number of nitrogens with two attached hydrogens (primary N) is 1. The Hall–Kier alpha value is -3.09. The highest BCUT2D eigenvalue weighted by molar-refractivity contribution is 6.34. The molecule has 1 aliphatic heterocycles. The van der Waals surface area contributed by atoms with Crippen LogP contribution in [0.4, 0.5) is 17.6 Å². The van der Waals surface area contributed by atoms with Crippen molar-refractivity contribution in [3.8, 4) is 0 Å². The molecule has 0 amide bonds. The van der Waals surface area contributed by atoms with Gasteiger partial charge in [0, 0.05) is 25.5 Å². The van der Waals surface area contributed by atoms with Crippen molar-refractivity contribution in [3.63, 3.8) is 0 Å². The minimum Gasteiger partial charge on any atom is -0.385 e. The number of carbonyl (C=O) groups is 1. The normalized spacial score (nSPS) is 22.3. The zero-order chi connectivity index (χ0) is 27.2. The molecule has 0 bridgehead atoms. The Morgan fingerprint density at radius 1 is 1.27 bits per heavy atom. The smallest absolute Gasteiger partial charge is 0.385 e. The fourth-order valence-corrected chi connectivity index (χ4v) is 4.24. The summed E-state index contributed by atoms with van der Waals surface area (Å²) in [6.07, 6.45) is -3.30. The Balaban J connectivity index is 1.62. The summed E-state index contributed by atoms with van der Waals surface area (Å²) in [5, 5.41) is 0.133. The molecule has 3 aromatic heterocycles. The standard InChI is InChI=1S/C24H24ClF4N5O3/c1-22(12-37-23(2,21(30)33-22)24(27,28)29)20-15(26)5-4-13(31-20)10-18(35)19-14(25)11-17-16(32-19)6-7-34(17)8-9-36-3/h4-7,11H,8-10,12H2,1-3H3,(H2,30,33)/t22-,23+/m0/s1. The average molecular weight is 542 g/mol. The number of ketones is 1. The molecule has 13 heteroatoms. The first-order chi connectivity index (χ1) is 17.3. The Kier molecular flexibility index (Phi) is 7.04. The Bertz CT molecular complexity index is 1390. The number of carbonyl (C=O) groups excluding carboxylic acids is 1. The van der Waals surface area contributed by atoms with E-state index in [0.717, 1.165) is 18.5 Å². The predicted octanol–water partition coefficient (Wildman–Crippen LogP) is 4.22. The first kappa shape index (κ1) is 27.0. The number of methoxy groups -OCH3 is 1. The summed E-state index contributed by atoms with van der Waals surface area (Å²) in [6, 6.07) is 5.73. The van der Waals surface area contributed by atoms with Crippen LogP contribution in [0.15, 0.2) is 35.5 Å². The molecule has 0 aromatic carbocycles. The first-order valence-corrected chi connectivity index (χ1v) is 11.6. The van der Waals surface area contributed by atoms with Crippen LogP contribution in [-0.4, -0.2) is 58.3 Å². The van der Waals surface area contributed by atoms with Gasteiger partial charge in [0.2, 0.25) is 5.60 Å². The number of aromatic nitrogens is 3. The third-order valence-electron chi connectivity index (χ3n) is 6.30. The summed E-state index contributed by atoms with van der Waals surface area (Å²) in [7, 11) is 1.59. The van der Waals surface area contributed by atoms with E-state index in [2.05, 4.69) is 15.0 Å². The maximum absolute atomic E-state index is 14.8. The second kappa shape index (κ2) is 9.66. The van der Waals surface area contributed by atoms with Crippen molar-refractivity contribution in [2.45, 2.75) is 44.1 Å². The predicted molar refractivity (Wildman–Crippen MR) is 128 cm³/mol. The molecule has 1 aliphatic rings. The minimum absolute atomic E-state index is 0.0155. The molecule has 37 heavy (non-hydrogen) atoms. The van der Waals surface area contributed by atoms with Crippen molar-refractivity contribution in [2.75, 3.05) is 20.3 Å². The van der Waals surface area contributed by atoms with Gasteiger partial charge in [0.25, 0.3) is 0 Å². The van der Waals surface area contributed by atoms with Crippen molar-refractivity contribution < 1.29 is 31.8 Å². The van der Waals surface area contributed by atoms with E-state index in [9.17, 15) is 22.4 Å². The van der Waals surface area contributed by atoms with Crippen LogP contribution in [0.2, 0.25) is 5.02 Å². The van der Waals surface area contributed by atoms with Gasteiger partial charge in [-0.05, 0) is 38.1 Å². The molecule has 0 spiro atoms. The molecule has 0 aliphatic carbocycles. The monoisotopic (exact) mass is 541 g/mol. The quantitative estimate of drug-likeness (QED) is 0.355. The summed E-state index contributed by atoms with van der Waals surface area (Å²) in [6.45, 7) is 2.53. The number of nitrogens with zero attached hydrogens (tertiary/aromatic N) is 4. The third-order valence-corrected chi connectivity index (χ3v) is 6.59. The van der Waals surface area contributed by atoms with Crippen molar-refractivity contribution >= 4 is 34.3 Å². The summed E-state index contributed by atoms with van der Waals surface area (Å²) in [5.41, 5.74) is 2.32. The van der Waals surface area contributed by atoms with Gasteiger partial charge < -0.3 is 19.8 Å². The molecule has 0 saturated carbocycles. The first-order valence-electron chi connectivity index (χ1n) is 11.2. The van der Waals surface area contributed by atoms with Gasteiger partial charge in [-0.2, -0.15) is 13.2 Å². The van der Waals surface area contributed by atoms with E-state index >= 15 is 0 Å². The lowest BCUT2D eigenvalue weighted by Gasteiger charge is -2.40. The van der Waals surface area contributed by atoms with Gasteiger partial charge in [-0.25, -0.2) is 9.37 Å². The van der Waals surface area contributed by atoms with Gasteiger partial charge in [0.1, 0.15) is 28.6 Å². The van der Waals surface area contributed by atoms with Crippen LogP contribution < -0.4 is 5.73 Å². The van der Waals surface area contributed by atoms with Gasteiger partial charge in [-0.1, -0.05) is 11.6 Å². The number of fused-ring (bicyclic) bond motifs is 1. The number of aliphatic imine (C=N–C) groups is 1. The number of pyridine rings is 2. The molecule has 2 atom stereocenters. The number of Topliss-reactive ketones (excluding diaryl/α,β-unsaturated/α-hetero) is 1. The van der Waals surface area contributed by atoms with Crippen molar-refractivity contribution in [1.82, 2.24) is 14.5 Å². The van der Waals surface area contributed by atoms with E-state index in [1.165, 1.54) is 13.0 Å². The maximum atomic E-state index is 14.8. The average Bonchev–Trinajstić information content (AvgIpc) is 3.21. The van der Waals surface area contributed by atoms with Crippen LogP contribution in [0.3, 0.4) is 0 Å². The molecule has 0 unspecified atom stereocenters. The lowest BCUT2D eigenvalue weighted by Crippen LogP contribution is -2.60. The fourth-order valence-electron chi connectivity index (χ4n) is 3.99. The lowest BCUT2D eigenvalue weighted by atomic mass is 9.93. The summed E-state index contributed by atoms with van der Waals surface area (Å²) in [5.74, 6) is -2.15. The second-order valence-corrected chi connectivity index (χ2v) is 9.46. The van der Waals surface area contributed by atoms with Crippen LogP contribution in [0.25, 0.3) is 11.0 Å². The van der Waals surface area contributed by atoms with Crippen LogP contribution in [-0.2, 0) is 28.0 Å². The Morgan fingerprint density at radius 2 is 2.00 bits per heavy atom. The van der Waals surface area contributed by atoms with Crippen LogP contribution in [0, 0.1) is 5.82 Å². The van der Waals surface area contributed by atoms with Gasteiger partial charge in [0.15, 0.2) is 5.78 Å². The number of hydrogen-bond donors (Lipinski definition) is 1. The van der Waals surface area contributed by atoms with E-state index in [1.807, 2.05) is 4.57 Å². The van der Waals surface area contributed by atoms with E-state index < -0.39 is 41.4 Å². The molecule has 3 aromatic rings. The molecule has 4 heterocycles. The Morgan fingerprint density at radius 3 is 2.65 bits per heavy atom. The maximum Gasteiger partial charge on any atom is 0.424 e. The zero-order valence-corrected chi connectivity index (χ0v) is 21.0. The molecular formula is C24H24ClF4N5O3. The lowest BCUT2D eigenvalue weighted by molar-refractivity contribution is -0.249. The van der Waals surface area contributed by atoms with Gasteiger partial charge >= 0.3 is 6.18 Å². The number of amidine groups is 1. The summed E-state index contributed by atoms with van der Waals surface area (Å²) >= 11 is 6.36. The molecule has 198 valence electrons.